The van der Waals surface area contributed by atoms with Crippen molar-refractivity contribution in [3.63, 3.8) is 0 Å². The van der Waals surface area contributed by atoms with Crippen LogP contribution in [0.5, 0.6) is 0 Å². The summed E-state index contributed by atoms with van der Waals surface area (Å²) in [7, 11) is 0. The van der Waals surface area contributed by atoms with Crippen LogP contribution in [0.2, 0.25) is 0 Å². The highest BCUT2D eigenvalue weighted by atomic mass is 32.1. The Morgan fingerprint density at radius 1 is 1.15 bits per heavy atom. The molecule has 1 aliphatic heterocycles. The molecule has 5 rings (SSSR count). The zero-order chi connectivity index (χ0) is 17.5. The van der Waals surface area contributed by atoms with Crippen LogP contribution in [0.1, 0.15) is 46.3 Å². The van der Waals surface area contributed by atoms with Crippen molar-refractivity contribution in [1.29, 1.82) is 0 Å². The predicted molar refractivity (Wildman–Crippen MR) is 106 cm³/mol. The van der Waals surface area contributed by atoms with Crippen molar-refractivity contribution in [2.75, 3.05) is 6.54 Å². The quantitative estimate of drug-likeness (QED) is 0.658. The van der Waals surface area contributed by atoms with Crippen LogP contribution < -0.4 is 0 Å². The lowest BCUT2D eigenvalue weighted by Gasteiger charge is -2.27. The largest absolute Gasteiger partial charge is 0.293 e. The molecule has 0 bridgehead atoms. The first-order valence-corrected chi connectivity index (χ1v) is 10.3. The lowest BCUT2D eigenvalue weighted by molar-refractivity contribution is 0.244. The van der Waals surface area contributed by atoms with Crippen molar-refractivity contribution in [2.45, 2.75) is 45.2 Å². The van der Waals surface area contributed by atoms with Gasteiger partial charge in [-0.05, 0) is 43.0 Å². The predicted octanol–water partition coefficient (Wildman–Crippen LogP) is 4.95. The van der Waals surface area contributed by atoms with Crippen molar-refractivity contribution < 1.29 is 0 Å². The van der Waals surface area contributed by atoms with E-state index in [9.17, 15) is 0 Å². The topological polar surface area (TPSA) is 29.0 Å². The van der Waals surface area contributed by atoms with E-state index in [4.69, 9.17) is 4.98 Å². The van der Waals surface area contributed by atoms with Crippen LogP contribution >= 0.6 is 11.3 Å². The maximum atomic E-state index is 4.84. The van der Waals surface area contributed by atoms with Crippen molar-refractivity contribution in [3.8, 4) is 10.4 Å². The number of nitrogens with zero attached hydrogens (tertiary/aromatic N) is 3. The molecule has 2 aromatic heterocycles. The van der Waals surface area contributed by atoms with E-state index in [0.29, 0.717) is 5.92 Å². The zero-order valence-corrected chi connectivity index (χ0v) is 15.9. The standard InChI is InChI=1S/C22H23N3S/c1-15-4-2-3-5-19(15)21-9-8-18(26-21)14-25-11-10-20-17(13-25)12-23-22(24-20)16-6-7-16/h2-5,8-9,12,16H,6-7,10-11,13-14H2,1H3. The number of benzene rings is 1. The minimum absolute atomic E-state index is 0.643. The second-order valence-electron chi connectivity index (χ2n) is 7.52. The van der Waals surface area contributed by atoms with E-state index < -0.39 is 0 Å². The summed E-state index contributed by atoms with van der Waals surface area (Å²) in [4.78, 5) is 14.8. The average Bonchev–Trinajstić information content (AvgIpc) is 3.41. The van der Waals surface area contributed by atoms with Gasteiger partial charge in [-0.1, -0.05) is 24.3 Å². The highest BCUT2D eigenvalue weighted by molar-refractivity contribution is 7.15. The number of hydrogen-bond donors (Lipinski definition) is 0. The molecule has 0 atom stereocenters. The van der Waals surface area contributed by atoms with Gasteiger partial charge in [0, 0.05) is 59.2 Å². The van der Waals surface area contributed by atoms with Gasteiger partial charge in [-0.15, -0.1) is 11.3 Å². The van der Waals surface area contributed by atoms with Gasteiger partial charge < -0.3 is 0 Å². The molecule has 0 spiro atoms. The maximum Gasteiger partial charge on any atom is 0.131 e. The van der Waals surface area contributed by atoms with E-state index in [1.165, 1.54) is 45.0 Å². The summed E-state index contributed by atoms with van der Waals surface area (Å²) in [5, 5.41) is 0. The number of fused-ring (bicyclic) bond motifs is 1. The molecule has 3 aromatic rings. The van der Waals surface area contributed by atoms with Crippen molar-refractivity contribution >= 4 is 11.3 Å². The fraction of sp³-hybridized carbons (Fsp3) is 0.364. The Balaban J connectivity index is 1.30. The fourth-order valence-corrected chi connectivity index (χ4v) is 4.88. The number of thiophene rings is 1. The average molecular weight is 362 g/mol. The molecule has 1 saturated carbocycles. The van der Waals surface area contributed by atoms with E-state index >= 15 is 0 Å². The Morgan fingerprint density at radius 3 is 2.88 bits per heavy atom. The van der Waals surface area contributed by atoms with Crippen molar-refractivity contribution in [2.24, 2.45) is 0 Å². The van der Waals surface area contributed by atoms with Gasteiger partial charge in [-0.2, -0.15) is 0 Å². The van der Waals surface area contributed by atoms with Gasteiger partial charge in [0.1, 0.15) is 5.82 Å². The molecule has 1 aliphatic carbocycles. The molecule has 1 fully saturated rings. The van der Waals surface area contributed by atoms with Gasteiger partial charge in [0.25, 0.3) is 0 Å². The zero-order valence-electron chi connectivity index (χ0n) is 15.1. The second kappa shape index (κ2) is 6.60. The van der Waals surface area contributed by atoms with Gasteiger partial charge in [0.15, 0.2) is 0 Å². The normalized spacial score (nSPS) is 17.3. The summed E-state index contributed by atoms with van der Waals surface area (Å²) in [5.41, 5.74) is 5.30. The monoisotopic (exact) mass is 361 g/mol. The maximum absolute atomic E-state index is 4.84. The Labute approximate surface area is 158 Å². The van der Waals surface area contributed by atoms with E-state index in [1.54, 1.807) is 0 Å². The Bertz CT molecular complexity index is 942. The highest BCUT2D eigenvalue weighted by Crippen LogP contribution is 2.38. The van der Waals surface area contributed by atoms with Crippen LogP contribution in [0.4, 0.5) is 0 Å². The number of aromatic nitrogens is 2. The highest BCUT2D eigenvalue weighted by Gasteiger charge is 2.28. The minimum Gasteiger partial charge on any atom is -0.293 e. The van der Waals surface area contributed by atoms with E-state index in [1.807, 2.05) is 11.3 Å². The molecule has 3 heterocycles. The first-order valence-electron chi connectivity index (χ1n) is 9.48. The molecular weight excluding hydrogens is 338 g/mol. The molecule has 4 heteroatoms. The minimum atomic E-state index is 0.643. The van der Waals surface area contributed by atoms with E-state index in [-0.39, 0.29) is 0 Å². The summed E-state index contributed by atoms with van der Waals surface area (Å²) in [6.07, 6.45) is 5.67. The fourth-order valence-electron chi connectivity index (χ4n) is 3.74. The van der Waals surface area contributed by atoms with Gasteiger partial charge in [-0.3, -0.25) is 4.90 Å². The third-order valence-electron chi connectivity index (χ3n) is 5.43. The van der Waals surface area contributed by atoms with Crippen LogP contribution in [0.25, 0.3) is 10.4 Å². The summed E-state index contributed by atoms with van der Waals surface area (Å²) in [6.45, 7) is 5.26. The van der Waals surface area contributed by atoms with Gasteiger partial charge in [-0.25, -0.2) is 9.97 Å². The second-order valence-corrected chi connectivity index (χ2v) is 8.68. The number of rotatable bonds is 4. The van der Waals surface area contributed by atoms with Gasteiger partial charge >= 0.3 is 0 Å². The van der Waals surface area contributed by atoms with Crippen molar-refractivity contribution in [3.05, 3.63) is 70.1 Å². The molecular formula is C22H23N3S. The summed E-state index contributed by atoms with van der Waals surface area (Å²) < 4.78 is 0. The number of aryl methyl sites for hydroxylation is 1. The molecule has 0 amide bonds. The lowest BCUT2D eigenvalue weighted by Crippen LogP contribution is -2.30. The molecule has 0 saturated heterocycles. The van der Waals surface area contributed by atoms with Crippen LogP contribution in [0.15, 0.2) is 42.6 Å². The van der Waals surface area contributed by atoms with Crippen LogP contribution in [0, 0.1) is 6.92 Å². The third-order valence-corrected chi connectivity index (χ3v) is 6.53. The third kappa shape index (κ3) is 3.19. The molecule has 0 N–H and O–H groups in total. The lowest BCUT2D eigenvalue weighted by atomic mass is 10.1. The van der Waals surface area contributed by atoms with Crippen molar-refractivity contribution in [1.82, 2.24) is 14.9 Å². The number of hydrogen-bond acceptors (Lipinski definition) is 4. The van der Waals surface area contributed by atoms with E-state index in [0.717, 1.165) is 31.9 Å². The SMILES string of the molecule is Cc1ccccc1-c1ccc(CN2CCc3nc(C4CC4)ncc3C2)s1. The summed E-state index contributed by atoms with van der Waals surface area (Å²) in [6, 6.07) is 13.2. The molecule has 132 valence electrons. The smallest absolute Gasteiger partial charge is 0.131 e. The molecule has 2 aliphatic rings. The van der Waals surface area contributed by atoms with Gasteiger partial charge in [0.05, 0.1) is 0 Å². The molecule has 0 unspecified atom stereocenters. The molecule has 26 heavy (non-hydrogen) atoms. The summed E-state index contributed by atoms with van der Waals surface area (Å²) in [5.74, 6) is 1.72. The van der Waals surface area contributed by atoms with Gasteiger partial charge in [0.2, 0.25) is 0 Å². The Hall–Kier alpha value is -2.04. The van der Waals surface area contributed by atoms with Crippen LogP contribution in [0.3, 0.4) is 0 Å². The molecule has 0 radical (unpaired) electrons. The Kier molecular flexibility index (Phi) is 4.10. The van der Waals surface area contributed by atoms with E-state index in [2.05, 4.69) is 59.4 Å². The molecule has 1 aromatic carbocycles. The first kappa shape index (κ1) is 16.2. The van der Waals surface area contributed by atoms with Crippen LogP contribution in [-0.2, 0) is 19.5 Å². The Morgan fingerprint density at radius 2 is 2.04 bits per heavy atom. The van der Waals surface area contributed by atoms with Crippen LogP contribution in [-0.4, -0.2) is 21.4 Å². The first-order chi connectivity index (χ1) is 12.8. The molecule has 3 nitrogen and oxygen atoms in total. The summed E-state index contributed by atoms with van der Waals surface area (Å²) >= 11 is 1.92.